The quantitative estimate of drug-likeness (QED) is 0.402. The van der Waals surface area contributed by atoms with Crippen LogP contribution in [0.25, 0.3) is 16.6 Å². The number of carbonyl (C=O) groups is 2. The molecule has 0 bridgehead atoms. The van der Waals surface area contributed by atoms with Crippen molar-refractivity contribution in [2.45, 2.75) is 39.8 Å². The van der Waals surface area contributed by atoms with Crippen LogP contribution in [0, 0.1) is 12.7 Å². The van der Waals surface area contributed by atoms with Gasteiger partial charge in [-0.05, 0) is 32.9 Å². The van der Waals surface area contributed by atoms with Gasteiger partial charge >= 0.3 is 0 Å². The molecule has 36 heavy (non-hydrogen) atoms. The molecule has 2 atom stereocenters. The van der Waals surface area contributed by atoms with Gasteiger partial charge in [-0.25, -0.2) is 19.3 Å². The number of aromatic nitrogens is 4. The van der Waals surface area contributed by atoms with Gasteiger partial charge < -0.3 is 19.9 Å². The number of anilines is 3. The Balaban J connectivity index is 1.56. The number of piperazine rings is 1. The highest BCUT2D eigenvalue weighted by atomic mass is 19.1. The molecule has 5 rings (SSSR count). The van der Waals surface area contributed by atoms with E-state index in [1.165, 1.54) is 17.4 Å². The molecule has 4 heterocycles. The average molecular weight is 491 g/mol. The third kappa shape index (κ3) is 4.57. The third-order valence-corrected chi connectivity index (χ3v) is 6.04. The van der Waals surface area contributed by atoms with Crippen LogP contribution < -0.4 is 20.9 Å². The maximum Gasteiger partial charge on any atom is 0.257 e. The van der Waals surface area contributed by atoms with Crippen molar-refractivity contribution in [1.29, 1.82) is 0 Å². The second-order valence-electron chi connectivity index (χ2n) is 9.29. The van der Waals surface area contributed by atoms with E-state index in [1.807, 2.05) is 6.07 Å². The maximum atomic E-state index is 14.6. The second kappa shape index (κ2) is 9.15. The highest BCUT2D eigenvalue weighted by Gasteiger charge is 2.25. The van der Waals surface area contributed by atoms with E-state index in [-0.39, 0.29) is 40.8 Å². The summed E-state index contributed by atoms with van der Waals surface area (Å²) in [4.78, 5) is 40.2. The molecule has 3 N–H and O–H groups in total. The van der Waals surface area contributed by atoms with E-state index in [0.717, 1.165) is 18.8 Å². The molecule has 1 saturated heterocycles. The highest BCUT2D eigenvalue weighted by Crippen LogP contribution is 2.31. The van der Waals surface area contributed by atoms with Crippen LogP contribution in [0.4, 0.5) is 21.7 Å². The van der Waals surface area contributed by atoms with Gasteiger partial charge in [-0.2, -0.15) is 0 Å². The van der Waals surface area contributed by atoms with E-state index < -0.39 is 11.7 Å². The van der Waals surface area contributed by atoms with Crippen LogP contribution in [0.1, 0.15) is 36.8 Å². The number of hydrogen-bond acceptors (Lipinski definition) is 7. The summed E-state index contributed by atoms with van der Waals surface area (Å²) < 4.78 is 16.1. The fourth-order valence-electron chi connectivity index (χ4n) is 4.75. The third-order valence-electron chi connectivity index (χ3n) is 6.04. The summed E-state index contributed by atoms with van der Waals surface area (Å²) in [6.45, 7) is 8.93. The number of fused-ring (bicyclic) bond motifs is 2. The molecule has 1 aromatic carbocycles. The van der Waals surface area contributed by atoms with Gasteiger partial charge in [-0.15, -0.1) is 0 Å². The Labute approximate surface area is 206 Å². The summed E-state index contributed by atoms with van der Waals surface area (Å²) in [6.07, 6.45) is 4.91. The molecule has 11 heteroatoms. The van der Waals surface area contributed by atoms with Crippen molar-refractivity contribution >= 4 is 45.7 Å². The molecule has 0 aliphatic carbocycles. The van der Waals surface area contributed by atoms with Gasteiger partial charge in [0.05, 0.1) is 22.5 Å². The summed E-state index contributed by atoms with van der Waals surface area (Å²) in [5.74, 6) is -1.22. The van der Waals surface area contributed by atoms with Gasteiger partial charge in [0.15, 0.2) is 11.5 Å². The Hall–Kier alpha value is -4.12. The zero-order valence-electron chi connectivity index (χ0n) is 20.5. The van der Waals surface area contributed by atoms with Gasteiger partial charge in [0, 0.05) is 67.8 Å². The molecule has 0 spiro atoms. The number of aryl methyl sites for hydroxylation is 1. The van der Waals surface area contributed by atoms with Crippen molar-refractivity contribution in [1.82, 2.24) is 24.7 Å². The van der Waals surface area contributed by atoms with Gasteiger partial charge in [-0.3, -0.25) is 14.9 Å². The molecule has 1 aliphatic heterocycles. The summed E-state index contributed by atoms with van der Waals surface area (Å²) in [5, 5.41) is 9.54. The Morgan fingerprint density at radius 3 is 2.58 bits per heavy atom. The van der Waals surface area contributed by atoms with Crippen molar-refractivity contribution < 1.29 is 14.0 Å². The lowest BCUT2D eigenvalue weighted by atomic mass is 10.0. The molecule has 2 unspecified atom stereocenters. The van der Waals surface area contributed by atoms with Gasteiger partial charge in [-0.1, -0.05) is 0 Å². The molecule has 2 amide bonds. The van der Waals surface area contributed by atoms with Crippen LogP contribution in [0.5, 0.6) is 0 Å². The number of nitrogens with zero attached hydrogens (tertiary/aromatic N) is 5. The van der Waals surface area contributed by atoms with Crippen LogP contribution >= 0.6 is 0 Å². The molecule has 0 saturated carbocycles. The van der Waals surface area contributed by atoms with Crippen LogP contribution in [-0.2, 0) is 4.79 Å². The zero-order chi connectivity index (χ0) is 25.6. The normalized spacial score (nSPS) is 18.0. The number of carbonyl (C=O) groups excluding carboxylic acids is 2. The molecule has 1 fully saturated rings. The van der Waals surface area contributed by atoms with Crippen LogP contribution in [0.15, 0.2) is 36.8 Å². The lowest BCUT2D eigenvalue weighted by Gasteiger charge is -2.38. The van der Waals surface area contributed by atoms with E-state index in [2.05, 4.69) is 49.6 Å². The molecule has 3 aromatic heterocycles. The lowest BCUT2D eigenvalue weighted by molar-refractivity contribution is -0.114. The van der Waals surface area contributed by atoms with Crippen molar-refractivity contribution in [3.05, 3.63) is 53.9 Å². The topological polar surface area (TPSA) is 117 Å². The van der Waals surface area contributed by atoms with E-state index in [9.17, 15) is 14.0 Å². The number of imidazole rings is 1. The average Bonchev–Trinajstić information content (AvgIpc) is 3.18. The standard InChI is InChI=1S/C25H27FN8O2/c1-13-9-33(10-14(2)28-13)21-6-5-18(22-19(21)8-27-25(32-22)30-16(4)35)24(36)31-17-7-20(26)23-29-15(3)11-34(23)12-17/h5-8,11-14,28H,9-10H2,1-4H3,(H,31,36)(H,27,30,32,35). The van der Waals surface area contributed by atoms with E-state index in [0.29, 0.717) is 16.6 Å². The number of pyridine rings is 1. The van der Waals surface area contributed by atoms with E-state index in [1.54, 1.807) is 31.6 Å². The maximum absolute atomic E-state index is 14.6. The van der Waals surface area contributed by atoms with Gasteiger partial charge in [0.25, 0.3) is 5.91 Å². The predicted molar refractivity (Wildman–Crippen MR) is 136 cm³/mol. The van der Waals surface area contributed by atoms with Crippen LogP contribution in [0.2, 0.25) is 0 Å². The summed E-state index contributed by atoms with van der Waals surface area (Å²) in [7, 11) is 0. The number of benzene rings is 1. The summed E-state index contributed by atoms with van der Waals surface area (Å²) in [5.41, 5.74) is 2.70. The number of rotatable bonds is 4. The zero-order valence-corrected chi connectivity index (χ0v) is 20.5. The predicted octanol–water partition coefficient (Wildman–Crippen LogP) is 3.12. The Bertz CT molecular complexity index is 1490. The van der Waals surface area contributed by atoms with Crippen molar-refractivity contribution in [3.63, 3.8) is 0 Å². The van der Waals surface area contributed by atoms with E-state index >= 15 is 0 Å². The fraction of sp³-hybridized carbons (Fsp3) is 0.320. The smallest absolute Gasteiger partial charge is 0.257 e. The van der Waals surface area contributed by atoms with E-state index in [4.69, 9.17) is 0 Å². The summed E-state index contributed by atoms with van der Waals surface area (Å²) in [6, 6.07) is 5.38. The molecule has 186 valence electrons. The van der Waals surface area contributed by atoms with Crippen molar-refractivity contribution in [2.75, 3.05) is 28.6 Å². The SMILES string of the molecule is CC(=O)Nc1ncc2c(N3CC(C)NC(C)C3)ccc(C(=O)Nc3cc(F)c4nc(C)cn4c3)c2n1. The molecular formula is C25H27FN8O2. The minimum Gasteiger partial charge on any atom is -0.368 e. The number of nitrogens with one attached hydrogen (secondary N) is 3. The monoisotopic (exact) mass is 490 g/mol. The number of amides is 2. The molecular weight excluding hydrogens is 463 g/mol. The van der Waals surface area contributed by atoms with Crippen molar-refractivity contribution in [3.8, 4) is 0 Å². The first kappa shape index (κ1) is 23.6. The second-order valence-corrected chi connectivity index (χ2v) is 9.29. The van der Waals surface area contributed by atoms with Crippen LogP contribution in [-0.4, -0.2) is 56.3 Å². The highest BCUT2D eigenvalue weighted by molar-refractivity contribution is 6.14. The van der Waals surface area contributed by atoms with Gasteiger partial charge in [0.2, 0.25) is 11.9 Å². The number of hydrogen-bond donors (Lipinski definition) is 3. The van der Waals surface area contributed by atoms with Crippen LogP contribution in [0.3, 0.4) is 0 Å². The summed E-state index contributed by atoms with van der Waals surface area (Å²) >= 11 is 0. The lowest BCUT2D eigenvalue weighted by Crippen LogP contribution is -2.54. The minimum atomic E-state index is -0.543. The van der Waals surface area contributed by atoms with Crippen molar-refractivity contribution in [2.24, 2.45) is 0 Å². The first-order valence-electron chi connectivity index (χ1n) is 11.7. The Kier molecular flexibility index (Phi) is 6.00. The Morgan fingerprint density at radius 2 is 1.86 bits per heavy atom. The molecule has 0 radical (unpaired) electrons. The molecule has 4 aromatic rings. The first-order chi connectivity index (χ1) is 17.2. The Morgan fingerprint density at radius 1 is 1.11 bits per heavy atom. The fourth-order valence-corrected chi connectivity index (χ4v) is 4.75. The largest absolute Gasteiger partial charge is 0.368 e. The van der Waals surface area contributed by atoms with Gasteiger partial charge in [0.1, 0.15) is 0 Å². The minimum absolute atomic E-state index is 0.101. The molecule has 10 nitrogen and oxygen atoms in total. The molecule has 1 aliphatic rings. The number of halogens is 1. The first-order valence-corrected chi connectivity index (χ1v) is 11.7.